The summed E-state index contributed by atoms with van der Waals surface area (Å²) in [5.74, 6) is 0. The zero-order valence-corrected chi connectivity index (χ0v) is 26.0. The first-order valence-corrected chi connectivity index (χ1v) is 15.1. The number of rotatable bonds is 3. The average molecular weight is 548 g/mol. The van der Waals surface area contributed by atoms with Gasteiger partial charge in [0.05, 0.1) is 0 Å². The van der Waals surface area contributed by atoms with E-state index >= 15 is 0 Å². The molecule has 1 heteroatoms. The van der Waals surface area contributed by atoms with E-state index in [0.29, 0.717) is 0 Å². The number of nitrogens with zero attached hydrogens (tertiary/aromatic N) is 1. The quantitative estimate of drug-likeness (QED) is 0.213. The molecule has 0 spiro atoms. The minimum atomic E-state index is 0.0860. The molecular formula is C41H41N. The van der Waals surface area contributed by atoms with Crippen molar-refractivity contribution in [3.8, 4) is 44.5 Å². The first-order valence-electron chi connectivity index (χ1n) is 15.1. The van der Waals surface area contributed by atoms with Gasteiger partial charge in [0.25, 0.3) is 0 Å². The molecule has 210 valence electrons. The minimum Gasteiger partial charge on any atom is -0.292 e. The molecule has 0 aliphatic heterocycles. The summed E-state index contributed by atoms with van der Waals surface area (Å²) >= 11 is 0. The first kappa shape index (κ1) is 27.9. The standard InChI is InChI=1S/C41H41N/c1-40(2,3)34-23-32(24-35(26-34)41(4,5)6)30-15-11-13-28(21-30)27-12-10-14-29(20-27)31-18-19-36-33(22-31)25-39(42-7)38-17-9-8-16-37(36)38/h8-24,26H,25H2,1-7H3. The Morgan fingerprint density at radius 3 is 1.48 bits per heavy atom. The van der Waals surface area contributed by atoms with E-state index in [0.717, 1.165) is 12.1 Å². The Morgan fingerprint density at radius 2 is 0.952 bits per heavy atom. The fourth-order valence-electron chi connectivity index (χ4n) is 6.04. The Hall–Kier alpha value is -4.23. The SMILES string of the molecule is CN=C1Cc2cc(-c3cccc(-c4cccc(-c5cc(C(C)(C)C)cc(C(C)(C)C)c5)c4)c3)ccc2-c2ccccc21. The van der Waals surface area contributed by atoms with E-state index in [1.54, 1.807) is 0 Å². The molecule has 6 rings (SSSR count). The highest BCUT2D eigenvalue weighted by molar-refractivity contribution is 6.10. The zero-order chi connectivity index (χ0) is 29.6. The molecule has 0 unspecified atom stereocenters. The van der Waals surface area contributed by atoms with Crippen LogP contribution in [0, 0.1) is 0 Å². The smallest absolute Gasteiger partial charge is 0.0467 e. The zero-order valence-electron chi connectivity index (χ0n) is 26.0. The van der Waals surface area contributed by atoms with Gasteiger partial charge in [-0.15, -0.1) is 0 Å². The maximum atomic E-state index is 4.63. The van der Waals surface area contributed by atoms with Crippen LogP contribution in [0.1, 0.15) is 63.8 Å². The van der Waals surface area contributed by atoms with Crippen LogP contribution in [0.4, 0.5) is 0 Å². The molecule has 0 amide bonds. The lowest BCUT2D eigenvalue weighted by atomic mass is 9.79. The summed E-state index contributed by atoms with van der Waals surface area (Å²) in [6, 6.07) is 40.7. The molecule has 0 saturated carbocycles. The van der Waals surface area contributed by atoms with Crippen molar-refractivity contribution in [3.05, 3.63) is 131 Å². The van der Waals surface area contributed by atoms with Gasteiger partial charge in [0.15, 0.2) is 0 Å². The molecule has 0 atom stereocenters. The van der Waals surface area contributed by atoms with E-state index < -0.39 is 0 Å². The van der Waals surface area contributed by atoms with Crippen LogP contribution in [0.15, 0.2) is 114 Å². The highest BCUT2D eigenvalue weighted by atomic mass is 14.7. The Balaban J connectivity index is 1.38. The van der Waals surface area contributed by atoms with Gasteiger partial charge >= 0.3 is 0 Å². The molecule has 42 heavy (non-hydrogen) atoms. The summed E-state index contributed by atoms with van der Waals surface area (Å²) in [4.78, 5) is 4.63. The summed E-state index contributed by atoms with van der Waals surface area (Å²) in [6.07, 6.45) is 0.864. The molecule has 0 aromatic heterocycles. The lowest BCUT2D eigenvalue weighted by molar-refractivity contribution is 0.569. The minimum absolute atomic E-state index is 0.0860. The maximum absolute atomic E-state index is 4.63. The van der Waals surface area contributed by atoms with Crippen molar-refractivity contribution in [2.45, 2.75) is 58.8 Å². The van der Waals surface area contributed by atoms with Crippen LogP contribution in [0.2, 0.25) is 0 Å². The van der Waals surface area contributed by atoms with Crippen molar-refractivity contribution in [1.82, 2.24) is 0 Å². The number of hydrogen-bond acceptors (Lipinski definition) is 1. The third-order valence-corrected chi connectivity index (χ3v) is 8.65. The normalized spacial score (nSPS) is 14.0. The summed E-state index contributed by atoms with van der Waals surface area (Å²) in [5.41, 5.74) is 16.8. The van der Waals surface area contributed by atoms with Crippen molar-refractivity contribution in [2.24, 2.45) is 4.99 Å². The molecule has 0 fully saturated rings. The number of fused-ring (bicyclic) bond motifs is 3. The molecule has 1 aliphatic rings. The molecule has 1 aliphatic carbocycles. The van der Waals surface area contributed by atoms with E-state index in [-0.39, 0.29) is 10.8 Å². The summed E-state index contributed by atoms with van der Waals surface area (Å²) in [7, 11) is 1.90. The van der Waals surface area contributed by atoms with Gasteiger partial charge in [0.1, 0.15) is 0 Å². The molecule has 0 heterocycles. The Labute approximate surface area is 252 Å². The molecule has 0 N–H and O–H groups in total. The third kappa shape index (κ3) is 5.37. The fourth-order valence-corrected chi connectivity index (χ4v) is 6.04. The van der Waals surface area contributed by atoms with E-state index in [9.17, 15) is 0 Å². The van der Waals surface area contributed by atoms with Gasteiger partial charge in [-0.05, 0) is 84.2 Å². The Kier molecular flexibility index (Phi) is 7.01. The lowest BCUT2D eigenvalue weighted by Gasteiger charge is -2.26. The molecule has 5 aromatic carbocycles. The first-order chi connectivity index (χ1) is 20.0. The predicted octanol–water partition coefficient (Wildman–Crippen LogP) is 10.9. The van der Waals surface area contributed by atoms with E-state index in [2.05, 4.69) is 156 Å². The van der Waals surface area contributed by atoms with Gasteiger partial charge in [-0.1, -0.05) is 139 Å². The van der Waals surface area contributed by atoms with Crippen molar-refractivity contribution in [3.63, 3.8) is 0 Å². The van der Waals surface area contributed by atoms with Gasteiger partial charge in [-0.25, -0.2) is 0 Å². The second kappa shape index (κ2) is 10.6. The van der Waals surface area contributed by atoms with Crippen LogP contribution in [0.25, 0.3) is 44.5 Å². The van der Waals surface area contributed by atoms with Crippen molar-refractivity contribution >= 4 is 5.71 Å². The summed E-state index contributed by atoms with van der Waals surface area (Å²) in [6.45, 7) is 13.8. The third-order valence-electron chi connectivity index (χ3n) is 8.65. The number of hydrogen-bond donors (Lipinski definition) is 0. The van der Waals surface area contributed by atoms with E-state index in [1.165, 1.54) is 66.8 Å². The van der Waals surface area contributed by atoms with Crippen LogP contribution in [-0.4, -0.2) is 12.8 Å². The van der Waals surface area contributed by atoms with Crippen molar-refractivity contribution in [2.75, 3.05) is 7.05 Å². The second-order valence-electron chi connectivity index (χ2n) is 13.7. The van der Waals surface area contributed by atoms with Gasteiger partial charge in [0.2, 0.25) is 0 Å². The molecule has 0 saturated heterocycles. The molecule has 0 bridgehead atoms. The van der Waals surface area contributed by atoms with Crippen LogP contribution < -0.4 is 0 Å². The van der Waals surface area contributed by atoms with Crippen molar-refractivity contribution in [1.29, 1.82) is 0 Å². The average Bonchev–Trinajstić information content (AvgIpc) is 2.99. The maximum Gasteiger partial charge on any atom is 0.0467 e. The van der Waals surface area contributed by atoms with Crippen LogP contribution >= 0.6 is 0 Å². The summed E-state index contributed by atoms with van der Waals surface area (Å²) in [5, 5.41) is 0. The van der Waals surface area contributed by atoms with Crippen LogP contribution in [0.5, 0.6) is 0 Å². The fraction of sp³-hybridized carbons (Fsp3) is 0.244. The van der Waals surface area contributed by atoms with Gasteiger partial charge in [0, 0.05) is 24.7 Å². The highest BCUT2D eigenvalue weighted by Gasteiger charge is 2.22. The topological polar surface area (TPSA) is 12.4 Å². The molecule has 0 radical (unpaired) electrons. The van der Waals surface area contributed by atoms with E-state index in [1.807, 2.05) is 7.05 Å². The Morgan fingerprint density at radius 1 is 0.452 bits per heavy atom. The largest absolute Gasteiger partial charge is 0.292 e. The number of benzene rings is 5. The number of aliphatic imine (C=N–C) groups is 1. The lowest BCUT2D eigenvalue weighted by Crippen LogP contribution is -2.16. The van der Waals surface area contributed by atoms with Gasteiger partial charge < -0.3 is 0 Å². The molecular weight excluding hydrogens is 506 g/mol. The van der Waals surface area contributed by atoms with Crippen LogP contribution in [-0.2, 0) is 17.3 Å². The summed E-state index contributed by atoms with van der Waals surface area (Å²) < 4.78 is 0. The van der Waals surface area contributed by atoms with Gasteiger partial charge in [-0.2, -0.15) is 0 Å². The predicted molar refractivity (Wildman–Crippen MR) is 182 cm³/mol. The van der Waals surface area contributed by atoms with E-state index in [4.69, 9.17) is 0 Å². The Bertz CT molecular complexity index is 1790. The van der Waals surface area contributed by atoms with Gasteiger partial charge in [-0.3, -0.25) is 4.99 Å². The second-order valence-corrected chi connectivity index (χ2v) is 13.7. The highest BCUT2D eigenvalue weighted by Crippen LogP contribution is 2.38. The van der Waals surface area contributed by atoms with Crippen LogP contribution in [0.3, 0.4) is 0 Å². The molecule has 1 nitrogen and oxygen atoms in total. The molecule has 5 aromatic rings. The van der Waals surface area contributed by atoms with Crippen molar-refractivity contribution < 1.29 is 0 Å². The monoisotopic (exact) mass is 547 g/mol.